The lowest BCUT2D eigenvalue weighted by Crippen LogP contribution is -2.00. The molecule has 94 valence electrons. The van der Waals surface area contributed by atoms with E-state index < -0.39 is 0 Å². The first-order valence-electron chi connectivity index (χ1n) is 5.20. The molecule has 0 bridgehead atoms. The van der Waals surface area contributed by atoms with E-state index in [0.29, 0.717) is 0 Å². The highest BCUT2D eigenvalue weighted by Gasteiger charge is 2.04. The first kappa shape index (κ1) is 14.4. The van der Waals surface area contributed by atoms with Gasteiger partial charge in [-0.1, -0.05) is 23.7 Å². The first-order chi connectivity index (χ1) is 8.58. The number of para-hydroxylation sites is 1. The number of hydrogen-bond acceptors (Lipinski definition) is 1. The van der Waals surface area contributed by atoms with Crippen molar-refractivity contribution in [3.63, 3.8) is 0 Å². The lowest BCUT2D eigenvalue weighted by molar-refractivity contribution is 1.14. The van der Waals surface area contributed by atoms with Crippen LogP contribution in [0.4, 0.5) is 5.69 Å². The Morgan fingerprint density at radius 2 is 1.61 bits per heavy atom. The number of nitrogens with one attached hydrogen (secondary N) is 1. The summed E-state index contributed by atoms with van der Waals surface area (Å²) in [6.45, 7) is 0.733. The van der Waals surface area contributed by atoms with E-state index in [0.717, 1.165) is 36.2 Å². The van der Waals surface area contributed by atoms with Crippen LogP contribution in [0.25, 0.3) is 0 Å². The molecule has 5 heteroatoms. The van der Waals surface area contributed by atoms with E-state index in [9.17, 15) is 0 Å². The molecule has 1 nitrogen and oxygen atoms in total. The van der Waals surface area contributed by atoms with E-state index in [1.807, 2.05) is 36.4 Å². The van der Waals surface area contributed by atoms with E-state index >= 15 is 0 Å². The molecule has 0 aliphatic heterocycles. The molecule has 0 saturated carbocycles. The smallest absolute Gasteiger partial charge is 0.0631 e. The molecule has 0 aliphatic rings. The average Bonchev–Trinajstić information content (AvgIpc) is 2.33. The lowest BCUT2D eigenvalue weighted by Gasteiger charge is -2.11. The second-order valence-corrected chi connectivity index (χ2v) is 6.67. The summed E-state index contributed by atoms with van der Waals surface area (Å²) < 4.78 is 2.98. The quantitative estimate of drug-likeness (QED) is 0.579. The molecule has 2 rings (SSSR count). The van der Waals surface area contributed by atoms with Crippen molar-refractivity contribution in [2.75, 3.05) is 5.32 Å². The Kier molecular flexibility index (Phi) is 5.13. The van der Waals surface area contributed by atoms with Crippen molar-refractivity contribution in [1.82, 2.24) is 0 Å². The van der Waals surface area contributed by atoms with Crippen LogP contribution in [0, 0.1) is 0 Å². The predicted octanol–water partition coefficient (Wildman–Crippen LogP) is 6.24. The fourth-order valence-electron chi connectivity index (χ4n) is 1.51. The van der Waals surface area contributed by atoms with Gasteiger partial charge in [0.25, 0.3) is 0 Å². The van der Waals surface area contributed by atoms with Gasteiger partial charge in [-0.2, -0.15) is 0 Å². The monoisotopic (exact) mass is 451 g/mol. The van der Waals surface area contributed by atoms with E-state index in [1.165, 1.54) is 0 Å². The molecule has 0 heterocycles. The molecule has 0 spiro atoms. The zero-order valence-electron chi connectivity index (χ0n) is 9.18. The number of anilines is 1. The van der Waals surface area contributed by atoms with Crippen molar-refractivity contribution < 1.29 is 0 Å². The van der Waals surface area contributed by atoms with E-state index in [-0.39, 0.29) is 0 Å². The molecule has 0 atom stereocenters. The van der Waals surface area contributed by atoms with Gasteiger partial charge in [0.1, 0.15) is 0 Å². The van der Waals surface area contributed by atoms with Gasteiger partial charge in [0.2, 0.25) is 0 Å². The molecule has 2 aromatic rings. The van der Waals surface area contributed by atoms with Gasteiger partial charge >= 0.3 is 0 Å². The maximum Gasteiger partial charge on any atom is 0.0631 e. The fraction of sp³-hybridized carbons (Fsp3) is 0.0769. The topological polar surface area (TPSA) is 12.0 Å². The highest BCUT2D eigenvalue weighted by molar-refractivity contribution is 9.11. The Morgan fingerprint density at radius 1 is 0.944 bits per heavy atom. The third-order valence-electron chi connectivity index (χ3n) is 2.42. The summed E-state index contributed by atoms with van der Waals surface area (Å²) in [6.07, 6.45) is 0. The van der Waals surface area contributed by atoms with Crippen molar-refractivity contribution in [2.45, 2.75) is 6.54 Å². The average molecular weight is 454 g/mol. The number of halogens is 4. The first-order valence-corrected chi connectivity index (χ1v) is 7.95. The standard InChI is InChI=1S/C13H9Br3ClN/c14-9-2-1-3-10(15)13(9)18-7-8-4-5-12(17)11(16)6-8/h1-6,18H,7H2. The third-order valence-corrected chi connectivity index (χ3v) is 4.95. The van der Waals surface area contributed by atoms with Crippen LogP contribution >= 0.6 is 59.4 Å². The molecule has 0 aliphatic carbocycles. The third kappa shape index (κ3) is 3.50. The van der Waals surface area contributed by atoms with Crippen molar-refractivity contribution in [1.29, 1.82) is 0 Å². The van der Waals surface area contributed by atoms with Gasteiger partial charge in [-0.25, -0.2) is 0 Å². The summed E-state index contributed by atoms with van der Waals surface area (Å²) in [4.78, 5) is 0. The molecule has 0 unspecified atom stereocenters. The van der Waals surface area contributed by atoms with Crippen LogP contribution in [0.1, 0.15) is 5.56 Å². The molecular formula is C13H9Br3ClN. The highest BCUT2D eigenvalue weighted by Crippen LogP contribution is 2.31. The minimum Gasteiger partial charge on any atom is -0.379 e. The fourth-order valence-corrected chi connectivity index (χ4v) is 3.33. The second-order valence-electron chi connectivity index (χ2n) is 3.70. The van der Waals surface area contributed by atoms with Gasteiger partial charge in [-0.15, -0.1) is 0 Å². The van der Waals surface area contributed by atoms with Crippen LogP contribution < -0.4 is 5.32 Å². The van der Waals surface area contributed by atoms with Gasteiger partial charge in [-0.3, -0.25) is 0 Å². The van der Waals surface area contributed by atoms with Crippen molar-refractivity contribution in [2.24, 2.45) is 0 Å². The molecular weight excluding hydrogens is 445 g/mol. The lowest BCUT2D eigenvalue weighted by atomic mass is 10.2. The maximum absolute atomic E-state index is 5.97. The van der Waals surface area contributed by atoms with Crippen molar-refractivity contribution >= 4 is 65.1 Å². The summed E-state index contributed by atoms with van der Waals surface area (Å²) in [5, 5.41) is 4.11. The molecule has 0 saturated heterocycles. The van der Waals surface area contributed by atoms with Crippen LogP contribution in [0.5, 0.6) is 0 Å². The highest BCUT2D eigenvalue weighted by atomic mass is 79.9. The number of rotatable bonds is 3. The van der Waals surface area contributed by atoms with Gasteiger partial charge in [0, 0.05) is 20.0 Å². The van der Waals surface area contributed by atoms with E-state index in [1.54, 1.807) is 0 Å². The Labute approximate surface area is 136 Å². The Morgan fingerprint density at radius 3 is 2.22 bits per heavy atom. The SMILES string of the molecule is Clc1ccc(CNc2c(Br)cccc2Br)cc1Br. The predicted molar refractivity (Wildman–Crippen MR) is 88.3 cm³/mol. The van der Waals surface area contributed by atoms with Gasteiger partial charge in [0.05, 0.1) is 10.7 Å². The van der Waals surface area contributed by atoms with Crippen LogP contribution in [-0.2, 0) is 6.54 Å². The zero-order chi connectivity index (χ0) is 13.1. The Balaban J connectivity index is 2.14. The van der Waals surface area contributed by atoms with Crippen LogP contribution in [0.3, 0.4) is 0 Å². The van der Waals surface area contributed by atoms with Crippen LogP contribution in [0.15, 0.2) is 49.8 Å². The number of benzene rings is 2. The molecule has 0 aromatic heterocycles. The summed E-state index contributed by atoms with van der Waals surface area (Å²) in [6, 6.07) is 11.9. The Bertz CT molecular complexity index is 552. The largest absolute Gasteiger partial charge is 0.379 e. The maximum atomic E-state index is 5.97. The van der Waals surface area contributed by atoms with Crippen molar-refractivity contribution in [3.8, 4) is 0 Å². The zero-order valence-corrected chi connectivity index (χ0v) is 14.7. The van der Waals surface area contributed by atoms with Crippen LogP contribution in [0.2, 0.25) is 5.02 Å². The van der Waals surface area contributed by atoms with E-state index in [4.69, 9.17) is 11.6 Å². The van der Waals surface area contributed by atoms with Gasteiger partial charge in [0.15, 0.2) is 0 Å². The van der Waals surface area contributed by atoms with Gasteiger partial charge in [-0.05, 0) is 77.6 Å². The molecule has 1 N–H and O–H groups in total. The summed E-state index contributed by atoms with van der Waals surface area (Å²) in [7, 11) is 0. The summed E-state index contributed by atoms with van der Waals surface area (Å²) >= 11 is 16.4. The molecule has 2 aromatic carbocycles. The summed E-state index contributed by atoms with van der Waals surface area (Å²) in [5.74, 6) is 0. The number of hydrogen-bond donors (Lipinski definition) is 1. The minimum absolute atomic E-state index is 0.723. The minimum atomic E-state index is 0.723. The molecule has 0 radical (unpaired) electrons. The van der Waals surface area contributed by atoms with E-state index in [2.05, 4.69) is 53.1 Å². The van der Waals surface area contributed by atoms with Crippen molar-refractivity contribution in [3.05, 3.63) is 60.4 Å². The van der Waals surface area contributed by atoms with Gasteiger partial charge < -0.3 is 5.32 Å². The Hall–Kier alpha value is -0.0300. The second kappa shape index (κ2) is 6.42. The van der Waals surface area contributed by atoms with Crippen LogP contribution in [-0.4, -0.2) is 0 Å². The summed E-state index contributed by atoms with van der Waals surface area (Å²) in [5.41, 5.74) is 2.21. The molecule has 0 amide bonds. The normalized spacial score (nSPS) is 10.4. The molecule has 0 fully saturated rings. The molecule has 18 heavy (non-hydrogen) atoms.